The molecule has 2 heterocycles. The van der Waals surface area contributed by atoms with Gasteiger partial charge in [-0.3, -0.25) is 4.57 Å². The molecule has 0 N–H and O–H groups in total. The molecule has 3 nitrogen and oxygen atoms in total. The molecular weight excluding hydrogens is 377 g/mol. The second kappa shape index (κ2) is 7.48. The van der Waals surface area contributed by atoms with Crippen LogP contribution in [0.5, 0.6) is 0 Å². The minimum Gasteiger partial charge on any atom is -0.299 e. The van der Waals surface area contributed by atoms with E-state index in [0.29, 0.717) is 16.3 Å². The Morgan fingerprint density at radius 3 is 2.64 bits per heavy atom. The molecule has 0 unspecified atom stereocenters. The van der Waals surface area contributed by atoms with Crippen LogP contribution in [0.4, 0.5) is 4.39 Å². The van der Waals surface area contributed by atoms with Crippen LogP contribution in [0.2, 0.25) is 5.02 Å². The smallest absolute Gasteiger partial charge is 0.192 e. The Labute approximate surface area is 160 Å². The van der Waals surface area contributed by atoms with Gasteiger partial charge in [-0.05, 0) is 45.4 Å². The van der Waals surface area contributed by atoms with Gasteiger partial charge < -0.3 is 0 Å². The molecule has 7 heteroatoms. The number of benzene rings is 1. The molecule has 0 saturated heterocycles. The zero-order valence-electron chi connectivity index (χ0n) is 14.5. The number of hydrogen-bond donors (Lipinski definition) is 0. The van der Waals surface area contributed by atoms with Gasteiger partial charge in [0.1, 0.15) is 5.82 Å². The molecular formula is C18H19ClFN3S2. The lowest BCUT2D eigenvalue weighted by Crippen LogP contribution is -2.05. The van der Waals surface area contributed by atoms with Crippen molar-refractivity contribution in [3.05, 3.63) is 50.4 Å². The fourth-order valence-electron chi connectivity index (χ4n) is 2.57. The molecule has 0 saturated carbocycles. The fraction of sp³-hybridized carbons (Fsp3) is 0.333. The third-order valence-electron chi connectivity index (χ3n) is 4.11. The van der Waals surface area contributed by atoms with Crippen molar-refractivity contribution in [1.82, 2.24) is 14.8 Å². The summed E-state index contributed by atoms with van der Waals surface area (Å²) in [5.41, 5.74) is 2.84. The molecule has 0 aliphatic rings. The van der Waals surface area contributed by atoms with Crippen molar-refractivity contribution >= 4 is 34.7 Å². The Morgan fingerprint density at radius 2 is 2.04 bits per heavy atom. The SMILES string of the molecule is Cc1scc(-c2nnc(SCc3c(F)cccc3Cl)n2C(C)C)c1C. The quantitative estimate of drug-likeness (QED) is 0.475. The minimum absolute atomic E-state index is 0.197. The molecule has 0 bridgehead atoms. The highest BCUT2D eigenvalue weighted by Crippen LogP contribution is 2.35. The summed E-state index contributed by atoms with van der Waals surface area (Å²) in [6.45, 7) is 8.41. The lowest BCUT2D eigenvalue weighted by Gasteiger charge is -2.14. The molecule has 0 fully saturated rings. The van der Waals surface area contributed by atoms with Gasteiger partial charge in [0.15, 0.2) is 11.0 Å². The fourth-order valence-corrected chi connectivity index (χ4v) is 4.84. The summed E-state index contributed by atoms with van der Waals surface area (Å²) in [5.74, 6) is 0.983. The Morgan fingerprint density at radius 1 is 1.28 bits per heavy atom. The Balaban J connectivity index is 1.94. The summed E-state index contributed by atoms with van der Waals surface area (Å²) in [6.07, 6.45) is 0. The highest BCUT2D eigenvalue weighted by atomic mass is 35.5. The van der Waals surface area contributed by atoms with Crippen molar-refractivity contribution in [2.75, 3.05) is 0 Å². The van der Waals surface area contributed by atoms with Gasteiger partial charge in [0, 0.05) is 38.2 Å². The lowest BCUT2D eigenvalue weighted by atomic mass is 10.1. The molecule has 0 aliphatic heterocycles. The van der Waals surface area contributed by atoms with Crippen molar-refractivity contribution in [3.8, 4) is 11.4 Å². The highest BCUT2D eigenvalue weighted by Gasteiger charge is 2.20. The number of aromatic nitrogens is 3. The topological polar surface area (TPSA) is 30.7 Å². The van der Waals surface area contributed by atoms with Crippen LogP contribution in [0.3, 0.4) is 0 Å². The van der Waals surface area contributed by atoms with Crippen LogP contribution in [0.25, 0.3) is 11.4 Å². The molecule has 1 aromatic carbocycles. The number of thioether (sulfide) groups is 1. The second-order valence-corrected chi connectivity index (χ2v) is 8.52. The average Bonchev–Trinajstić information content (AvgIpc) is 3.11. The molecule has 132 valence electrons. The van der Waals surface area contributed by atoms with Gasteiger partial charge in [-0.2, -0.15) is 0 Å². The van der Waals surface area contributed by atoms with E-state index in [1.165, 1.54) is 28.3 Å². The van der Waals surface area contributed by atoms with Crippen LogP contribution in [0, 0.1) is 19.7 Å². The van der Waals surface area contributed by atoms with Gasteiger partial charge in [0.25, 0.3) is 0 Å². The van der Waals surface area contributed by atoms with E-state index in [0.717, 1.165) is 16.5 Å². The molecule has 25 heavy (non-hydrogen) atoms. The van der Waals surface area contributed by atoms with Crippen molar-refractivity contribution in [2.45, 2.75) is 44.6 Å². The number of halogens is 2. The van der Waals surface area contributed by atoms with Crippen LogP contribution >= 0.6 is 34.7 Å². The molecule has 0 atom stereocenters. The molecule has 0 amide bonds. The van der Waals surface area contributed by atoms with Crippen LogP contribution in [0.15, 0.2) is 28.7 Å². The lowest BCUT2D eigenvalue weighted by molar-refractivity contribution is 0.555. The Kier molecular flexibility index (Phi) is 5.51. The Hall–Kier alpha value is -1.37. The van der Waals surface area contributed by atoms with Crippen molar-refractivity contribution in [3.63, 3.8) is 0 Å². The predicted octanol–water partition coefficient (Wildman–Crippen LogP) is 6.29. The number of rotatable bonds is 5. The van der Waals surface area contributed by atoms with E-state index < -0.39 is 0 Å². The van der Waals surface area contributed by atoms with Gasteiger partial charge in [-0.15, -0.1) is 21.5 Å². The summed E-state index contributed by atoms with van der Waals surface area (Å²) >= 11 is 9.30. The highest BCUT2D eigenvalue weighted by molar-refractivity contribution is 7.98. The van der Waals surface area contributed by atoms with E-state index in [-0.39, 0.29) is 11.9 Å². The zero-order valence-corrected chi connectivity index (χ0v) is 16.9. The summed E-state index contributed by atoms with van der Waals surface area (Å²) < 4.78 is 16.1. The van der Waals surface area contributed by atoms with Crippen LogP contribution < -0.4 is 0 Å². The number of thiophene rings is 1. The average molecular weight is 396 g/mol. The first-order chi connectivity index (χ1) is 11.9. The normalized spacial score (nSPS) is 11.5. The first-order valence-electron chi connectivity index (χ1n) is 7.95. The monoisotopic (exact) mass is 395 g/mol. The van der Waals surface area contributed by atoms with Crippen molar-refractivity contribution in [1.29, 1.82) is 0 Å². The maximum atomic E-state index is 14.0. The molecule has 0 spiro atoms. The standard InChI is InChI=1S/C18H19ClFN3S2/c1-10(2)23-17(13-8-24-12(4)11(13)3)21-22-18(23)25-9-14-15(19)6-5-7-16(14)20/h5-8,10H,9H2,1-4H3. The second-order valence-electron chi connectivity index (χ2n) is 6.09. The van der Waals surface area contributed by atoms with E-state index >= 15 is 0 Å². The first-order valence-corrected chi connectivity index (χ1v) is 10.2. The molecule has 0 aliphatic carbocycles. The summed E-state index contributed by atoms with van der Waals surface area (Å²) in [7, 11) is 0. The van der Waals surface area contributed by atoms with E-state index in [4.69, 9.17) is 11.6 Å². The Bertz CT molecular complexity index is 882. The minimum atomic E-state index is -0.292. The van der Waals surface area contributed by atoms with Crippen LogP contribution in [0.1, 0.15) is 35.9 Å². The van der Waals surface area contributed by atoms with E-state index in [1.807, 2.05) is 0 Å². The van der Waals surface area contributed by atoms with Gasteiger partial charge >= 0.3 is 0 Å². The van der Waals surface area contributed by atoms with Gasteiger partial charge in [-0.1, -0.05) is 29.4 Å². The predicted molar refractivity (Wildman–Crippen MR) is 104 cm³/mol. The van der Waals surface area contributed by atoms with E-state index in [9.17, 15) is 4.39 Å². The molecule has 3 aromatic rings. The number of hydrogen-bond acceptors (Lipinski definition) is 4. The summed E-state index contributed by atoms with van der Waals surface area (Å²) in [6, 6.07) is 4.94. The molecule has 2 aromatic heterocycles. The molecule has 0 radical (unpaired) electrons. The summed E-state index contributed by atoms with van der Waals surface area (Å²) in [5, 5.41) is 12.1. The van der Waals surface area contributed by atoms with Crippen LogP contribution in [-0.2, 0) is 5.75 Å². The first kappa shape index (κ1) is 18.4. The largest absolute Gasteiger partial charge is 0.299 e. The van der Waals surface area contributed by atoms with Gasteiger partial charge in [-0.25, -0.2) is 4.39 Å². The zero-order chi connectivity index (χ0) is 18.1. The van der Waals surface area contributed by atoms with E-state index in [1.54, 1.807) is 23.5 Å². The number of aryl methyl sites for hydroxylation is 1. The van der Waals surface area contributed by atoms with Crippen molar-refractivity contribution < 1.29 is 4.39 Å². The third kappa shape index (κ3) is 3.61. The van der Waals surface area contributed by atoms with E-state index in [2.05, 4.69) is 47.8 Å². The molecule has 3 rings (SSSR count). The van der Waals surface area contributed by atoms with Crippen LogP contribution in [-0.4, -0.2) is 14.8 Å². The number of nitrogens with zero attached hydrogens (tertiary/aromatic N) is 3. The maximum Gasteiger partial charge on any atom is 0.192 e. The third-order valence-corrected chi connectivity index (χ3v) is 6.45. The summed E-state index contributed by atoms with van der Waals surface area (Å²) in [4.78, 5) is 1.28. The van der Waals surface area contributed by atoms with Gasteiger partial charge in [0.2, 0.25) is 0 Å². The van der Waals surface area contributed by atoms with Crippen molar-refractivity contribution in [2.24, 2.45) is 0 Å². The maximum absolute atomic E-state index is 14.0. The van der Waals surface area contributed by atoms with Gasteiger partial charge in [0.05, 0.1) is 0 Å².